The normalized spacial score (nSPS) is 11.8. The van der Waals surface area contributed by atoms with E-state index in [0.29, 0.717) is 5.02 Å². The minimum atomic E-state index is -0.230. The molecule has 0 spiro atoms. The van der Waals surface area contributed by atoms with Crippen LogP contribution in [0.15, 0.2) is 6.20 Å². The Morgan fingerprint density at radius 3 is 2.69 bits per heavy atom. The fourth-order valence-corrected chi connectivity index (χ4v) is 1.58. The van der Waals surface area contributed by atoms with Gasteiger partial charge in [0, 0.05) is 18.2 Å². The summed E-state index contributed by atoms with van der Waals surface area (Å²) in [6, 6.07) is 0. The molecule has 0 saturated carbocycles. The van der Waals surface area contributed by atoms with Gasteiger partial charge in [-0.2, -0.15) is 5.10 Å². The van der Waals surface area contributed by atoms with Crippen LogP contribution in [0.25, 0.3) is 0 Å². The molecule has 0 aliphatic carbocycles. The summed E-state index contributed by atoms with van der Waals surface area (Å²) in [4.78, 5) is 0. The molecule has 1 heterocycles. The summed E-state index contributed by atoms with van der Waals surface area (Å²) < 4.78 is 1.84. The predicted molar refractivity (Wildman–Crippen MR) is 66.9 cm³/mol. The van der Waals surface area contributed by atoms with Crippen molar-refractivity contribution in [3.63, 3.8) is 0 Å². The predicted octanol–water partition coefficient (Wildman–Crippen LogP) is 2.59. The molecule has 3 N–H and O–H groups in total. The van der Waals surface area contributed by atoms with Crippen molar-refractivity contribution in [2.75, 3.05) is 0 Å². The molecule has 90 valence electrons. The van der Waals surface area contributed by atoms with Gasteiger partial charge in [0.1, 0.15) is 0 Å². The second-order valence-corrected chi connectivity index (χ2v) is 5.13. The molecule has 16 heavy (non-hydrogen) atoms. The smallest absolute Gasteiger partial charge is 0.0963 e. The average Bonchev–Trinajstić information content (AvgIpc) is 2.45. The Labute approximate surface area is 101 Å². The topological polar surface area (TPSA) is 67.7 Å². The lowest BCUT2D eigenvalue weighted by atomic mass is 9.87. The van der Waals surface area contributed by atoms with Crippen LogP contribution in [0.1, 0.15) is 32.4 Å². The average molecular weight is 243 g/mol. The highest BCUT2D eigenvalue weighted by Crippen LogP contribution is 2.22. The zero-order valence-corrected chi connectivity index (χ0v) is 10.8. The third kappa shape index (κ3) is 3.23. The molecule has 0 radical (unpaired) electrons. The summed E-state index contributed by atoms with van der Waals surface area (Å²) in [6.07, 6.45) is 3.64. The molecule has 1 aromatic heterocycles. The molecular formula is C11H19ClN4. The van der Waals surface area contributed by atoms with Gasteiger partial charge in [-0.05, 0) is 19.8 Å². The highest BCUT2D eigenvalue weighted by molar-refractivity contribution is 6.31. The molecule has 0 aliphatic rings. The number of nitrogens with two attached hydrogens (primary N) is 1. The first-order valence-electron chi connectivity index (χ1n) is 5.37. The van der Waals surface area contributed by atoms with Crippen molar-refractivity contribution in [1.29, 1.82) is 5.41 Å². The number of hydrogen-bond acceptors (Lipinski definition) is 2. The van der Waals surface area contributed by atoms with Crippen LogP contribution in [0, 0.1) is 17.7 Å². The summed E-state index contributed by atoms with van der Waals surface area (Å²) in [5.41, 5.74) is 6.14. The molecule has 0 unspecified atom stereocenters. The van der Waals surface area contributed by atoms with E-state index in [4.69, 9.17) is 22.7 Å². The van der Waals surface area contributed by atoms with Crippen molar-refractivity contribution in [3.05, 3.63) is 16.9 Å². The van der Waals surface area contributed by atoms with E-state index in [-0.39, 0.29) is 11.3 Å². The number of aromatic nitrogens is 2. The van der Waals surface area contributed by atoms with Crippen molar-refractivity contribution in [2.45, 2.75) is 40.2 Å². The fourth-order valence-electron chi connectivity index (χ4n) is 1.43. The van der Waals surface area contributed by atoms with Gasteiger partial charge in [-0.25, -0.2) is 0 Å². The molecule has 0 atom stereocenters. The first-order chi connectivity index (χ1) is 7.33. The van der Waals surface area contributed by atoms with E-state index in [2.05, 4.69) is 5.10 Å². The Bertz CT molecular complexity index is 362. The molecule has 0 fully saturated rings. The van der Waals surface area contributed by atoms with E-state index in [9.17, 15) is 0 Å². The van der Waals surface area contributed by atoms with Gasteiger partial charge >= 0.3 is 0 Å². The maximum absolute atomic E-state index is 7.45. The number of amidine groups is 1. The Balaban J connectivity index is 2.44. The number of nitrogens with one attached hydrogen (secondary N) is 1. The molecule has 4 nitrogen and oxygen atoms in total. The maximum Gasteiger partial charge on any atom is 0.0963 e. The zero-order chi connectivity index (χ0) is 12.3. The van der Waals surface area contributed by atoms with E-state index in [1.807, 2.05) is 31.6 Å². The fraction of sp³-hybridized carbons (Fsp3) is 0.636. The number of hydrogen-bond donors (Lipinski definition) is 2. The lowest BCUT2D eigenvalue weighted by Gasteiger charge is -2.22. The van der Waals surface area contributed by atoms with Crippen molar-refractivity contribution in [2.24, 2.45) is 11.1 Å². The third-order valence-electron chi connectivity index (χ3n) is 2.80. The van der Waals surface area contributed by atoms with Gasteiger partial charge in [-0.15, -0.1) is 0 Å². The Kier molecular flexibility index (Phi) is 3.97. The quantitative estimate of drug-likeness (QED) is 0.616. The standard InChI is InChI=1S/C11H19ClN4/c1-8-9(12)7-16(15-8)6-4-5-11(2,3)10(13)14/h7H,4-6H2,1-3H3,(H3,13,14). The van der Waals surface area contributed by atoms with Gasteiger partial charge in [0.2, 0.25) is 0 Å². The largest absolute Gasteiger partial charge is 0.387 e. The molecule has 0 aromatic carbocycles. The van der Waals surface area contributed by atoms with Crippen LogP contribution in [-0.4, -0.2) is 15.6 Å². The van der Waals surface area contributed by atoms with Crippen molar-refractivity contribution in [1.82, 2.24) is 9.78 Å². The lowest BCUT2D eigenvalue weighted by Crippen LogP contribution is -2.30. The summed E-state index contributed by atoms with van der Waals surface area (Å²) >= 11 is 5.91. The maximum atomic E-state index is 7.45. The first-order valence-corrected chi connectivity index (χ1v) is 5.75. The third-order valence-corrected chi connectivity index (χ3v) is 3.18. The number of rotatable bonds is 5. The van der Waals surface area contributed by atoms with Crippen LogP contribution in [0.4, 0.5) is 0 Å². The molecule has 1 rings (SSSR count). The van der Waals surface area contributed by atoms with Crippen LogP contribution in [-0.2, 0) is 6.54 Å². The first kappa shape index (κ1) is 13.0. The Hall–Kier alpha value is -1.03. The van der Waals surface area contributed by atoms with Gasteiger partial charge in [0.15, 0.2) is 0 Å². The van der Waals surface area contributed by atoms with Crippen LogP contribution in [0.5, 0.6) is 0 Å². The van der Waals surface area contributed by atoms with E-state index >= 15 is 0 Å². The summed E-state index contributed by atoms with van der Waals surface area (Å²) in [7, 11) is 0. The Morgan fingerprint density at radius 1 is 1.62 bits per heavy atom. The van der Waals surface area contributed by atoms with Gasteiger partial charge < -0.3 is 5.73 Å². The highest BCUT2D eigenvalue weighted by Gasteiger charge is 2.20. The highest BCUT2D eigenvalue weighted by atomic mass is 35.5. The molecule has 5 heteroatoms. The lowest BCUT2D eigenvalue weighted by molar-refractivity contribution is 0.419. The molecular weight excluding hydrogens is 224 g/mol. The van der Waals surface area contributed by atoms with E-state index in [1.165, 1.54) is 0 Å². The molecule has 0 amide bonds. The van der Waals surface area contributed by atoms with Gasteiger partial charge in [-0.3, -0.25) is 10.1 Å². The van der Waals surface area contributed by atoms with Crippen LogP contribution >= 0.6 is 11.6 Å². The van der Waals surface area contributed by atoms with E-state index in [0.717, 1.165) is 25.1 Å². The van der Waals surface area contributed by atoms with Crippen molar-refractivity contribution in [3.8, 4) is 0 Å². The number of halogens is 1. The minimum absolute atomic E-state index is 0.230. The molecule has 0 aliphatic heterocycles. The molecule has 0 saturated heterocycles. The molecule has 1 aromatic rings. The van der Waals surface area contributed by atoms with Gasteiger partial charge in [0.25, 0.3) is 0 Å². The Morgan fingerprint density at radius 2 is 2.25 bits per heavy atom. The monoisotopic (exact) mass is 242 g/mol. The van der Waals surface area contributed by atoms with Gasteiger partial charge in [0.05, 0.1) is 16.6 Å². The SMILES string of the molecule is Cc1nn(CCCC(C)(C)C(=N)N)cc1Cl. The second-order valence-electron chi connectivity index (χ2n) is 4.73. The number of aryl methyl sites for hydroxylation is 2. The van der Waals surface area contributed by atoms with Crippen molar-refractivity contribution < 1.29 is 0 Å². The van der Waals surface area contributed by atoms with E-state index in [1.54, 1.807) is 0 Å². The van der Waals surface area contributed by atoms with Crippen LogP contribution < -0.4 is 5.73 Å². The van der Waals surface area contributed by atoms with Crippen LogP contribution in [0.3, 0.4) is 0 Å². The van der Waals surface area contributed by atoms with Gasteiger partial charge in [-0.1, -0.05) is 25.4 Å². The number of nitrogens with zero attached hydrogens (tertiary/aromatic N) is 2. The zero-order valence-electron chi connectivity index (χ0n) is 10.0. The molecule has 0 bridgehead atoms. The van der Waals surface area contributed by atoms with E-state index < -0.39 is 0 Å². The minimum Gasteiger partial charge on any atom is -0.387 e. The summed E-state index contributed by atoms with van der Waals surface area (Å²) in [6.45, 7) is 6.66. The van der Waals surface area contributed by atoms with Crippen molar-refractivity contribution >= 4 is 17.4 Å². The summed E-state index contributed by atoms with van der Waals surface area (Å²) in [5, 5.41) is 12.4. The summed E-state index contributed by atoms with van der Waals surface area (Å²) in [5.74, 6) is 0.238. The second kappa shape index (κ2) is 4.87. The van der Waals surface area contributed by atoms with Crippen LogP contribution in [0.2, 0.25) is 5.02 Å².